The van der Waals surface area contributed by atoms with E-state index in [1.54, 1.807) is 6.33 Å². The minimum absolute atomic E-state index is 0.298. The SMILES string of the molecule is CC(C)N(C)c1cc(-c2ccc3nc(Nc4cc(CN5CCN(C(=O)C6CC6)CC5)ccn4)[nH]c3c2)ncn1. The molecule has 10 nitrogen and oxygen atoms in total. The zero-order valence-electron chi connectivity index (χ0n) is 22.8. The summed E-state index contributed by atoms with van der Waals surface area (Å²) in [5.41, 5.74) is 4.83. The van der Waals surface area contributed by atoms with Crippen LogP contribution in [-0.4, -0.2) is 79.9 Å². The number of nitrogens with one attached hydrogen (secondary N) is 2. The summed E-state index contributed by atoms with van der Waals surface area (Å²) < 4.78 is 0. The number of imidazole rings is 1. The molecule has 0 spiro atoms. The van der Waals surface area contributed by atoms with Crippen LogP contribution in [0.5, 0.6) is 0 Å². The average Bonchev–Trinajstić information content (AvgIpc) is 3.72. The lowest BCUT2D eigenvalue weighted by molar-refractivity contribution is -0.134. The number of pyridine rings is 1. The van der Waals surface area contributed by atoms with Gasteiger partial charge in [0.15, 0.2) is 0 Å². The van der Waals surface area contributed by atoms with Crippen molar-refractivity contribution in [2.75, 3.05) is 43.4 Å². The normalized spacial score (nSPS) is 16.2. The van der Waals surface area contributed by atoms with Crippen LogP contribution in [0.15, 0.2) is 48.9 Å². The summed E-state index contributed by atoms with van der Waals surface area (Å²) >= 11 is 0. The molecule has 0 atom stereocenters. The van der Waals surface area contributed by atoms with Crippen molar-refractivity contribution in [1.82, 2.24) is 34.7 Å². The lowest BCUT2D eigenvalue weighted by Gasteiger charge is -2.34. The molecule has 0 bridgehead atoms. The average molecular weight is 526 g/mol. The van der Waals surface area contributed by atoms with Crippen LogP contribution in [0.25, 0.3) is 22.3 Å². The van der Waals surface area contributed by atoms with E-state index in [2.05, 4.69) is 61.0 Å². The molecule has 3 aromatic heterocycles. The molecule has 39 heavy (non-hydrogen) atoms. The van der Waals surface area contributed by atoms with Crippen molar-refractivity contribution < 1.29 is 4.79 Å². The second-order valence-corrected chi connectivity index (χ2v) is 10.8. The van der Waals surface area contributed by atoms with Crippen LogP contribution in [0.2, 0.25) is 0 Å². The summed E-state index contributed by atoms with van der Waals surface area (Å²) in [5.74, 6) is 2.92. The Bertz CT molecular complexity index is 1470. The van der Waals surface area contributed by atoms with Crippen LogP contribution < -0.4 is 10.2 Å². The van der Waals surface area contributed by atoms with E-state index in [1.165, 1.54) is 5.56 Å². The highest BCUT2D eigenvalue weighted by Gasteiger charge is 2.34. The fourth-order valence-electron chi connectivity index (χ4n) is 4.93. The molecule has 10 heteroatoms. The summed E-state index contributed by atoms with van der Waals surface area (Å²) in [7, 11) is 2.04. The maximum atomic E-state index is 12.3. The predicted octanol–water partition coefficient (Wildman–Crippen LogP) is 4.06. The highest BCUT2D eigenvalue weighted by Crippen LogP contribution is 2.31. The van der Waals surface area contributed by atoms with E-state index < -0.39 is 0 Å². The number of H-pyrrole nitrogens is 1. The van der Waals surface area contributed by atoms with Crippen LogP contribution in [0.4, 0.5) is 17.6 Å². The van der Waals surface area contributed by atoms with Crippen LogP contribution >= 0.6 is 0 Å². The number of nitrogens with zero attached hydrogens (tertiary/aromatic N) is 7. The van der Waals surface area contributed by atoms with E-state index in [0.717, 1.165) is 79.5 Å². The number of hydrogen-bond donors (Lipinski definition) is 2. The van der Waals surface area contributed by atoms with Gasteiger partial charge < -0.3 is 20.1 Å². The van der Waals surface area contributed by atoms with E-state index in [-0.39, 0.29) is 0 Å². The zero-order valence-corrected chi connectivity index (χ0v) is 22.8. The summed E-state index contributed by atoms with van der Waals surface area (Å²) in [6.45, 7) is 8.54. The van der Waals surface area contributed by atoms with Gasteiger partial charge in [0.1, 0.15) is 18.0 Å². The Morgan fingerprint density at radius 1 is 1.08 bits per heavy atom. The fourth-order valence-corrected chi connectivity index (χ4v) is 4.93. The Morgan fingerprint density at radius 2 is 1.90 bits per heavy atom. The molecular weight excluding hydrogens is 490 g/mol. The number of aromatic nitrogens is 5. The van der Waals surface area contributed by atoms with E-state index in [4.69, 9.17) is 4.98 Å². The number of rotatable bonds is 8. The van der Waals surface area contributed by atoms with Crippen molar-refractivity contribution in [3.63, 3.8) is 0 Å². The Morgan fingerprint density at radius 3 is 2.67 bits per heavy atom. The molecule has 1 amide bonds. The maximum absolute atomic E-state index is 12.3. The minimum Gasteiger partial charge on any atom is -0.357 e. The van der Waals surface area contributed by atoms with Gasteiger partial charge in [0, 0.05) is 69.6 Å². The number of carbonyl (C=O) groups is 1. The first-order chi connectivity index (χ1) is 18.9. The largest absolute Gasteiger partial charge is 0.357 e. The summed E-state index contributed by atoms with van der Waals surface area (Å²) in [6.07, 6.45) is 5.57. The first kappa shape index (κ1) is 25.2. The van der Waals surface area contributed by atoms with Gasteiger partial charge >= 0.3 is 0 Å². The molecule has 2 N–H and O–H groups in total. The molecule has 0 unspecified atom stereocenters. The lowest BCUT2D eigenvalue weighted by atomic mass is 10.1. The number of amides is 1. The Labute approximate surface area is 228 Å². The molecule has 202 valence electrons. The van der Waals surface area contributed by atoms with Crippen molar-refractivity contribution in [2.24, 2.45) is 5.92 Å². The zero-order chi connectivity index (χ0) is 26.9. The molecule has 6 rings (SSSR count). The number of benzene rings is 1. The highest BCUT2D eigenvalue weighted by atomic mass is 16.2. The van der Waals surface area contributed by atoms with Gasteiger partial charge in [-0.25, -0.2) is 19.9 Å². The molecule has 1 aliphatic heterocycles. The van der Waals surface area contributed by atoms with Crippen LogP contribution in [-0.2, 0) is 11.3 Å². The Kier molecular flexibility index (Phi) is 6.86. The van der Waals surface area contributed by atoms with Crippen LogP contribution in [0.3, 0.4) is 0 Å². The molecule has 1 saturated heterocycles. The Hall–Kier alpha value is -4.05. The van der Waals surface area contributed by atoms with Gasteiger partial charge in [-0.05, 0) is 56.5 Å². The molecule has 4 heterocycles. The van der Waals surface area contributed by atoms with Crippen molar-refractivity contribution in [3.8, 4) is 11.3 Å². The maximum Gasteiger partial charge on any atom is 0.225 e. The quantitative estimate of drug-likeness (QED) is 0.355. The van der Waals surface area contributed by atoms with Crippen LogP contribution in [0.1, 0.15) is 32.3 Å². The third-order valence-corrected chi connectivity index (χ3v) is 7.65. The van der Waals surface area contributed by atoms with E-state index in [1.807, 2.05) is 42.4 Å². The molecule has 2 aliphatic rings. The van der Waals surface area contributed by atoms with Crippen molar-refractivity contribution >= 4 is 34.5 Å². The van der Waals surface area contributed by atoms with Gasteiger partial charge in [0.25, 0.3) is 0 Å². The topological polar surface area (TPSA) is 106 Å². The molecule has 1 aliphatic carbocycles. The summed E-state index contributed by atoms with van der Waals surface area (Å²) in [5, 5.41) is 3.33. The first-order valence-electron chi connectivity index (χ1n) is 13.7. The van der Waals surface area contributed by atoms with Gasteiger partial charge in [-0.1, -0.05) is 6.07 Å². The molecule has 1 aromatic carbocycles. The van der Waals surface area contributed by atoms with Gasteiger partial charge in [0.05, 0.1) is 16.7 Å². The number of hydrogen-bond acceptors (Lipinski definition) is 8. The summed E-state index contributed by atoms with van der Waals surface area (Å²) in [6, 6.07) is 12.6. The number of piperazine rings is 1. The van der Waals surface area contributed by atoms with E-state index in [9.17, 15) is 4.79 Å². The lowest BCUT2D eigenvalue weighted by Crippen LogP contribution is -2.48. The third-order valence-electron chi connectivity index (χ3n) is 7.65. The summed E-state index contributed by atoms with van der Waals surface area (Å²) in [4.78, 5) is 40.4. The molecule has 0 radical (unpaired) electrons. The monoisotopic (exact) mass is 525 g/mol. The van der Waals surface area contributed by atoms with E-state index >= 15 is 0 Å². The van der Waals surface area contributed by atoms with Gasteiger partial charge in [-0.2, -0.15) is 0 Å². The van der Waals surface area contributed by atoms with Gasteiger partial charge in [-0.3, -0.25) is 9.69 Å². The first-order valence-corrected chi connectivity index (χ1v) is 13.7. The number of anilines is 3. The number of carbonyl (C=O) groups excluding carboxylic acids is 1. The highest BCUT2D eigenvalue weighted by molar-refractivity contribution is 5.83. The van der Waals surface area contributed by atoms with Crippen molar-refractivity contribution in [3.05, 3.63) is 54.5 Å². The Balaban J connectivity index is 1.11. The third kappa shape index (κ3) is 5.70. The predicted molar refractivity (Wildman–Crippen MR) is 153 cm³/mol. The fraction of sp³-hybridized carbons (Fsp3) is 0.414. The molecule has 2 fully saturated rings. The van der Waals surface area contributed by atoms with Crippen molar-refractivity contribution in [1.29, 1.82) is 0 Å². The number of fused-ring (bicyclic) bond motifs is 1. The van der Waals surface area contributed by atoms with Crippen molar-refractivity contribution in [2.45, 2.75) is 39.3 Å². The van der Waals surface area contributed by atoms with Gasteiger partial charge in [-0.15, -0.1) is 0 Å². The number of aromatic amines is 1. The minimum atomic E-state index is 0.298. The molecule has 1 saturated carbocycles. The second kappa shape index (κ2) is 10.6. The molecular formula is C29H35N9O. The smallest absolute Gasteiger partial charge is 0.225 e. The second-order valence-electron chi connectivity index (χ2n) is 10.8. The molecule has 4 aromatic rings. The van der Waals surface area contributed by atoms with E-state index in [0.29, 0.717) is 23.8 Å². The van der Waals surface area contributed by atoms with Crippen LogP contribution in [0, 0.1) is 5.92 Å². The van der Waals surface area contributed by atoms with Gasteiger partial charge in [0.2, 0.25) is 11.9 Å². The standard InChI is InChI=1S/C29H35N9O/c1-19(2)36(3)27-16-24(31-18-32-27)22-6-7-23-25(15-22)34-29(33-23)35-26-14-20(8-9-30-26)17-37-10-12-38(13-11-37)28(39)21-4-5-21/h6-9,14-16,18-19,21H,4-5,10-13,17H2,1-3H3,(H2,30,33,34,35).